The Bertz CT molecular complexity index is 239. The van der Waals surface area contributed by atoms with E-state index < -0.39 is 43.2 Å². The van der Waals surface area contributed by atoms with Gasteiger partial charge < -0.3 is 36.6 Å². The molecule has 8 N–H and O–H groups in total. The standard InChI is InChI=1S/C8H15NO6.H3N/c1-3(11)9-5-7(13)6(12)4(2-10)15-8(5)14;/h4-8,10,12-14H,2H2,1H3,(H,9,11);1H3/t4-,5-,6-,7-,8?;/m1./s1. The number of aliphatic hydroxyl groups is 4. The molecule has 1 amide bonds. The third-order valence-corrected chi connectivity index (χ3v) is 2.27. The van der Waals surface area contributed by atoms with Crippen molar-refractivity contribution in [1.29, 1.82) is 0 Å². The number of ether oxygens (including phenoxy) is 1. The molecule has 16 heavy (non-hydrogen) atoms. The lowest BCUT2D eigenvalue weighted by Crippen LogP contribution is -2.63. The highest BCUT2D eigenvalue weighted by Crippen LogP contribution is 2.19. The second-order valence-corrected chi connectivity index (χ2v) is 3.46. The summed E-state index contributed by atoms with van der Waals surface area (Å²) in [6.45, 7) is 0.687. The first-order chi connectivity index (χ1) is 6.97. The van der Waals surface area contributed by atoms with Gasteiger partial charge in [0.25, 0.3) is 0 Å². The number of rotatable bonds is 2. The van der Waals surface area contributed by atoms with Crippen molar-refractivity contribution >= 4 is 5.91 Å². The fourth-order valence-electron chi connectivity index (χ4n) is 1.49. The summed E-state index contributed by atoms with van der Waals surface area (Å²) in [5.41, 5.74) is 0. The molecule has 1 heterocycles. The molecular weight excluding hydrogens is 220 g/mol. The van der Waals surface area contributed by atoms with Crippen molar-refractivity contribution in [1.82, 2.24) is 11.5 Å². The van der Waals surface area contributed by atoms with Crippen LogP contribution in [0.1, 0.15) is 6.92 Å². The van der Waals surface area contributed by atoms with E-state index >= 15 is 0 Å². The maximum atomic E-state index is 10.7. The summed E-state index contributed by atoms with van der Waals surface area (Å²) < 4.78 is 4.81. The molecule has 0 aromatic heterocycles. The average molecular weight is 238 g/mol. The number of carbonyl (C=O) groups is 1. The van der Waals surface area contributed by atoms with Crippen LogP contribution in [0.5, 0.6) is 0 Å². The first-order valence-corrected chi connectivity index (χ1v) is 4.55. The maximum Gasteiger partial charge on any atom is 0.217 e. The normalized spacial score (nSPS) is 38.7. The van der Waals surface area contributed by atoms with Crippen molar-refractivity contribution in [3.05, 3.63) is 0 Å². The first kappa shape index (κ1) is 15.2. The Morgan fingerprint density at radius 2 is 1.88 bits per heavy atom. The molecular formula is C8H18N2O6. The largest absolute Gasteiger partial charge is 0.394 e. The summed E-state index contributed by atoms with van der Waals surface area (Å²) in [5, 5.41) is 39.4. The zero-order valence-electron chi connectivity index (χ0n) is 8.91. The molecule has 1 unspecified atom stereocenters. The Kier molecular flexibility index (Phi) is 5.79. The molecule has 96 valence electrons. The third-order valence-electron chi connectivity index (χ3n) is 2.27. The quantitative estimate of drug-likeness (QED) is 0.301. The third kappa shape index (κ3) is 3.11. The van der Waals surface area contributed by atoms with Crippen LogP contribution < -0.4 is 11.5 Å². The molecule has 8 nitrogen and oxygen atoms in total. The molecule has 0 radical (unpaired) electrons. The van der Waals surface area contributed by atoms with Crippen molar-refractivity contribution in [2.75, 3.05) is 6.61 Å². The topological polar surface area (TPSA) is 154 Å². The highest BCUT2D eigenvalue weighted by atomic mass is 16.6. The highest BCUT2D eigenvalue weighted by Gasteiger charge is 2.43. The van der Waals surface area contributed by atoms with Crippen LogP contribution in [0.15, 0.2) is 0 Å². The summed E-state index contributed by atoms with van der Waals surface area (Å²) in [7, 11) is 0. The lowest BCUT2D eigenvalue weighted by Gasteiger charge is -2.40. The van der Waals surface area contributed by atoms with E-state index in [1.807, 2.05) is 0 Å². The minimum Gasteiger partial charge on any atom is -0.394 e. The molecule has 1 rings (SSSR count). The second kappa shape index (κ2) is 6.09. The number of hydrogen-bond acceptors (Lipinski definition) is 7. The SMILES string of the molecule is CC(=O)N[C@H]1C(O)O[C@H](CO)[C@@H](O)[C@@H]1O.N. The molecule has 0 saturated carbocycles. The number of hydrogen-bond donors (Lipinski definition) is 6. The Hall–Kier alpha value is -0.770. The monoisotopic (exact) mass is 238 g/mol. The minimum absolute atomic E-state index is 0. The van der Waals surface area contributed by atoms with Crippen LogP contribution in [0, 0.1) is 0 Å². The van der Waals surface area contributed by atoms with Crippen LogP contribution in [0.3, 0.4) is 0 Å². The fourth-order valence-corrected chi connectivity index (χ4v) is 1.49. The molecule has 1 fully saturated rings. The van der Waals surface area contributed by atoms with Gasteiger partial charge in [0.1, 0.15) is 24.4 Å². The number of amides is 1. The van der Waals surface area contributed by atoms with E-state index in [0.29, 0.717) is 0 Å². The summed E-state index contributed by atoms with van der Waals surface area (Å²) >= 11 is 0. The zero-order valence-corrected chi connectivity index (χ0v) is 8.91. The van der Waals surface area contributed by atoms with Crippen LogP contribution in [0.25, 0.3) is 0 Å². The molecule has 5 atom stereocenters. The molecule has 8 heteroatoms. The van der Waals surface area contributed by atoms with Gasteiger partial charge in [-0.3, -0.25) is 4.79 Å². The summed E-state index contributed by atoms with van der Waals surface area (Å²) in [6.07, 6.45) is -5.24. The van der Waals surface area contributed by atoms with Gasteiger partial charge >= 0.3 is 0 Å². The van der Waals surface area contributed by atoms with Gasteiger partial charge in [0.15, 0.2) is 6.29 Å². The summed E-state index contributed by atoms with van der Waals surface area (Å²) in [6, 6.07) is -1.10. The minimum atomic E-state index is -1.45. The zero-order chi connectivity index (χ0) is 11.6. The van der Waals surface area contributed by atoms with Gasteiger partial charge in [-0.2, -0.15) is 0 Å². The Morgan fingerprint density at radius 1 is 1.31 bits per heavy atom. The smallest absolute Gasteiger partial charge is 0.217 e. The molecule has 0 spiro atoms. The lowest BCUT2D eigenvalue weighted by atomic mass is 9.97. The Labute approximate surface area is 92.4 Å². The molecule has 0 aromatic carbocycles. The molecule has 1 aliphatic heterocycles. The van der Waals surface area contributed by atoms with Gasteiger partial charge in [-0.25, -0.2) is 0 Å². The van der Waals surface area contributed by atoms with E-state index in [-0.39, 0.29) is 6.15 Å². The number of nitrogens with one attached hydrogen (secondary N) is 1. The van der Waals surface area contributed by atoms with Gasteiger partial charge in [-0.1, -0.05) is 0 Å². The number of aliphatic hydroxyl groups excluding tert-OH is 4. The van der Waals surface area contributed by atoms with Gasteiger partial charge in [0, 0.05) is 6.92 Å². The number of carbonyl (C=O) groups excluding carboxylic acids is 1. The second-order valence-electron chi connectivity index (χ2n) is 3.46. The van der Waals surface area contributed by atoms with Gasteiger partial charge in [0.05, 0.1) is 6.61 Å². The van der Waals surface area contributed by atoms with E-state index in [1.54, 1.807) is 0 Å². The highest BCUT2D eigenvalue weighted by molar-refractivity contribution is 5.73. The van der Waals surface area contributed by atoms with Crippen LogP contribution in [-0.4, -0.2) is 63.6 Å². The van der Waals surface area contributed by atoms with E-state index in [1.165, 1.54) is 6.92 Å². The van der Waals surface area contributed by atoms with Crippen LogP contribution >= 0.6 is 0 Å². The molecule has 1 saturated heterocycles. The summed E-state index contributed by atoms with van der Waals surface area (Å²) in [5.74, 6) is -0.462. The molecule has 0 bridgehead atoms. The predicted molar refractivity (Wildman–Crippen MR) is 52.6 cm³/mol. The van der Waals surface area contributed by atoms with Crippen LogP contribution in [0.2, 0.25) is 0 Å². The molecule has 0 aliphatic carbocycles. The van der Waals surface area contributed by atoms with Crippen LogP contribution in [0.4, 0.5) is 0 Å². The Balaban J connectivity index is 0.00000225. The first-order valence-electron chi connectivity index (χ1n) is 4.55. The predicted octanol–water partition coefficient (Wildman–Crippen LogP) is -2.92. The van der Waals surface area contributed by atoms with Gasteiger partial charge in [-0.05, 0) is 0 Å². The van der Waals surface area contributed by atoms with Crippen molar-refractivity contribution in [3.63, 3.8) is 0 Å². The summed E-state index contributed by atoms with van der Waals surface area (Å²) in [4.78, 5) is 10.7. The lowest BCUT2D eigenvalue weighted by molar-refractivity contribution is -0.253. The maximum absolute atomic E-state index is 10.7. The van der Waals surface area contributed by atoms with E-state index in [4.69, 9.17) is 9.84 Å². The van der Waals surface area contributed by atoms with Gasteiger partial charge in [0.2, 0.25) is 5.91 Å². The van der Waals surface area contributed by atoms with Crippen molar-refractivity contribution < 1.29 is 30.0 Å². The Morgan fingerprint density at radius 3 is 2.31 bits per heavy atom. The van der Waals surface area contributed by atoms with Crippen molar-refractivity contribution in [2.45, 2.75) is 37.6 Å². The van der Waals surface area contributed by atoms with Gasteiger partial charge in [-0.15, -0.1) is 0 Å². The van der Waals surface area contributed by atoms with Crippen LogP contribution in [-0.2, 0) is 9.53 Å². The van der Waals surface area contributed by atoms with E-state index in [2.05, 4.69) is 5.32 Å². The van der Waals surface area contributed by atoms with E-state index in [0.717, 1.165) is 0 Å². The molecule has 1 aliphatic rings. The van der Waals surface area contributed by atoms with Crippen molar-refractivity contribution in [2.24, 2.45) is 0 Å². The fraction of sp³-hybridized carbons (Fsp3) is 0.875. The van der Waals surface area contributed by atoms with E-state index in [9.17, 15) is 20.1 Å². The molecule has 0 aromatic rings. The average Bonchev–Trinajstić information content (AvgIpc) is 2.18. The van der Waals surface area contributed by atoms with Crippen molar-refractivity contribution in [3.8, 4) is 0 Å².